The molecule has 0 radical (unpaired) electrons. The van der Waals surface area contributed by atoms with Crippen LogP contribution in [0, 0.1) is 0 Å². The Morgan fingerprint density at radius 3 is 2.24 bits per heavy atom. The van der Waals surface area contributed by atoms with Gasteiger partial charge < -0.3 is 19.7 Å². The first kappa shape index (κ1) is 17.1. The molecule has 0 saturated heterocycles. The molecule has 1 aromatic carbocycles. The summed E-state index contributed by atoms with van der Waals surface area (Å²) in [6.45, 7) is 1.43. The summed E-state index contributed by atoms with van der Waals surface area (Å²) in [6.07, 6.45) is 0.509. The van der Waals surface area contributed by atoms with Crippen LogP contribution in [-0.4, -0.2) is 48.1 Å². The summed E-state index contributed by atoms with van der Waals surface area (Å²) in [7, 11) is 0. The third-order valence-corrected chi connectivity index (χ3v) is 2.72. The van der Waals surface area contributed by atoms with Crippen molar-refractivity contribution in [3.05, 3.63) is 35.4 Å². The second-order valence-corrected chi connectivity index (χ2v) is 4.47. The molecule has 0 heterocycles. The SMILES string of the molecule is CCCCOC(=O)c1ccccc1C(=O)OCC(O)CO. The van der Waals surface area contributed by atoms with Gasteiger partial charge in [-0.2, -0.15) is 0 Å². The third-order valence-electron chi connectivity index (χ3n) is 2.72. The third kappa shape index (κ3) is 5.53. The van der Waals surface area contributed by atoms with Crippen LogP contribution in [0.5, 0.6) is 0 Å². The first-order chi connectivity index (χ1) is 10.1. The first-order valence-electron chi connectivity index (χ1n) is 6.82. The number of carbonyl (C=O) groups is 2. The van der Waals surface area contributed by atoms with Gasteiger partial charge in [-0.05, 0) is 18.6 Å². The van der Waals surface area contributed by atoms with Gasteiger partial charge in [-0.25, -0.2) is 9.59 Å². The molecule has 2 N–H and O–H groups in total. The average Bonchev–Trinajstić information content (AvgIpc) is 2.52. The smallest absolute Gasteiger partial charge is 0.339 e. The summed E-state index contributed by atoms with van der Waals surface area (Å²) in [6, 6.07) is 6.15. The van der Waals surface area contributed by atoms with Gasteiger partial charge in [0.05, 0.1) is 24.3 Å². The molecule has 0 amide bonds. The molecule has 0 aliphatic carbocycles. The zero-order valence-electron chi connectivity index (χ0n) is 11.9. The molecule has 6 heteroatoms. The van der Waals surface area contributed by atoms with Gasteiger partial charge >= 0.3 is 11.9 Å². The molecule has 116 valence electrons. The maximum absolute atomic E-state index is 11.9. The van der Waals surface area contributed by atoms with Crippen LogP contribution in [0.25, 0.3) is 0 Å². The lowest BCUT2D eigenvalue weighted by molar-refractivity contribution is 0.00900. The van der Waals surface area contributed by atoms with Crippen molar-refractivity contribution in [3.63, 3.8) is 0 Å². The van der Waals surface area contributed by atoms with Gasteiger partial charge in [-0.15, -0.1) is 0 Å². The normalized spacial score (nSPS) is 11.8. The van der Waals surface area contributed by atoms with Crippen LogP contribution in [0.2, 0.25) is 0 Å². The van der Waals surface area contributed by atoms with Gasteiger partial charge in [0.25, 0.3) is 0 Å². The Kier molecular flexibility index (Phi) is 7.42. The standard InChI is InChI=1S/C15H20O6/c1-2-3-8-20-14(18)12-6-4-5-7-13(12)15(19)21-10-11(17)9-16/h4-7,11,16-17H,2-3,8-10H2,1H3. The Morgan fingerprint density at radius 2 is 1.71 bits per heavy atom. The maximum atomic E-state index is 11.9. The fourth-order valence-corrected chi connectivity index (χ4v) is 1.53. The molecule has 6 nitrogen and oxygen atoms in total. The number of carbonyl (C=O) groups excluding carboxylic acids is 2. The molecule has 0 bridgehead atoms. The number of rotatable bonds is 8. The minimum absolute atomic E-state index is 0.0733. The molecule has 1 rings (SSSR count). The van der Waals surface area contributed by atoms with Crippen molar-refractivity contribution in [2.45, 2.75) is 25.9 Å². The summed E-state index contributed by atoms with van der Waals surface area (Å²) >= 11 is 0. The van der Waals surface area contributed by atoms with Gasteiger partial charge in [-0.1, -0.05) is 25.5 Å². The van der Waals surface area contributed by atoms with Crippen molar-refractivity contribution in [2.75, 3.05) is 19.8 Å². The summed E-state index contributed by atoms with van der Waals surface area (Å²) in [5.41, 5.74) is 0.196. The van der Waals surface area contributed by atoms with E-state index in [-0.39, 0.29) is 17.7 Å². The van der Waals surface area contributed by atoms with Crippen LogP contribution in [0.15, 0.2) is 24.3 Å². The zero-order chi connectivity index (χ0) is 15.7. The molecule has 0 aliphatic rings. The van der Waals surface area contributed by atoms with E-state index in [2.05, 4.69) is 0 Å². The Hall–Kier alpha value is -1.92. The minimum atomic E-state index is -1.14. The lowest BCUT2D eigenvalue weighted by Crippen LogP contribution is -2.23. The Morgan fingerprint density at radius 1 is 1.14 bits per heavy atom. The molecule has 1 atom stereocenters. The summed E-state index contributed by atoms with van der Waals surface area (Å²) in [5.74, 6) is -1.33. The van der Waals surface area contributed by atoms with E-state index in [9.17, 15) is 9.59 Å². The predicted molar refractivity (Wildman–Crippen MR) is 75.0 cm³/mol. The van der Waals surface area contributed by atoms with Gasteiger partial charge in [0, 0.05) is 0 Å². The second-order valence-electron chi connectivity index (χ2n) is 4.47. The lowest BCUT2D eigenvalue weighted by Gasteiger charge is -2.11. The molecular formula is C15H20O6. The van der Waals surface area contributed by atoms with Crippen LogP contribution in [0.4, 0.5) is 0 Å². The number of esters is 2. The predicted octanol–water partition coefficient (Wildman–Crippen LogP) is 1.15. The van der Waals surface area contributed by atoms with E-state index >= 15 is 0 Å². The van der Waals surface area contributed by atoms with Crippen molar-refractivity contribution in [3.8, 4) is 0 Å². The van der Waals surface area contributed by atoms with Crippen LogP contribution >= 0.6 is 0 Å². The quantitative estimate of drug-likeness (QED) is 0.552. The lowest BCUT2D eigenvalue weighted by atomic mass is 10.1. The number of hydrogen-bond donors (Lipinski definition) is 2. The van der Waals surface area contributed by atoms with E-state index in [0.29, 0.717) is 6.61 Å². The molecule has 0 spiro atoms. The number of ether oxygens (including phenoxy) is 2. The molecule has 0 fully saturated rings. The molecule has 0 aliphatic heterocycles. The monoisotopic (exact) mass is 296 g/mol. The largest absolute Gasteiger partial charge is 0.462 e. The van der Waals surface area contributed by atoms with Gasteiger partial charge in [0.2, 0.25) is 0 Å². The first-order valence-corrected chi connectivity index (χ1v) is 6.82. The number of benzene rings is 1. The molecule has 1 aromatic rings. The highest BCUT2D eigenvalue weighted by Gasteiger charge is 2.19. The highest BCUT2D eigenvalue weighted by molar-refractivity contribution is 6.03. The highest BCUT2D eigenvalue weighted by atomic mass is 16.5. The zero-order valence-corrected chi connectivity index (χ0v) is 11.9. The number of aliphatic hydroxyl groups is 2. The van der Waals surface area contributed by atoms with Crippen LogP contribution in [-0.2, 0) is 9.47 Å². The minimum Gasteiger partial charge on any atom is -0.462 e. The second kappa shape index (κ2) is 9.10. The Balaban J connectivity index is 2.74. The van der Waals surface area contributed by atoms with Crippen LogP contribution in [0.3, 0.4) is 0 Å². The Bertz CT molecular complexity index is 471. The molecule has 0 aromatic heterocycles. The molecule has 21 heavy (non-hydrogen) atoms. The highest BCUT2D eigenvalue weighted by Crippen LogP contribution is 2.12. The van der Waals surface area contributed by atoms with Crippen molar-refractivity contribution in [1.29, 1.82) is 0 Å². The van der Waals surface area contributed by atoms with E-state index in [4.69, 9.17) is 19.7 Å². The van der Waals surface area contributed by atoms with E-state index < -0.39 is 24.6 Å². The van der Waals surface area contributed by atoms with Gasteiger partial charge in [0.15, 0.2) is 0 Å². The number of unbranched alkanes of at least 4 members (excludes halogenated alkanes) is 1. The molecule has 0 saturated carbocycles. The number of aliphatic hydroxyl groups excluding tert-OH is 2. The van der Waals surface area contributed by atoms with Crippen molar-refractivity contribution < 1.29 is 29.3 Å². The van der Waals surface area contributed by atoms with E-state index in [1.54, 1.807) is 12.1 Å². The number of hydrogen-bond acceptors (Lipinski definition) is 6. The molecular weight excluding hydrogens is 276 g/mol. The topological polar surface area (TPSA) is 93.1 Å². The van der Waals surface area contributed by atoms with Crippen molar-refractivity contribution in [1.82, 2.24) is 0 Å². The van der Waals surface area contributed by atoms with E-state index in [1.165, 1.54) is 12.1 Å². The molecule has 1 unspecified atom stereocenters. The fourth-order valence-electron chi connectivity index (χ4n) is 1.53. The summed E-state index contributed by atoms with van der Waals surface area (Å²) < 4.78 is 9.91. The fraction of sp³-hybridized carbons (Fsp3) is 0.467. The van der Waals surface area contributed by atoms with Crippen molar-refractivity contribution >= 4 is 11.9 Å². The average molecular weight is 296 g/mol. The van der Waals surface area contributed by atoms with Gasteiger partial charge in [-0.3, -0.25) is 0 Å². The maximum Gasteiger partial charge on any atom is 0.339 e. The summed E-state index contributed by atoms with van der Waals surface area (Å²) in [4.78, 5) is 23.8. The summed E-state index contributed by atoms with van der Waals surface area (Å²) in [5, 5.41) is 17.8. The van der Waals surface area contributed by atoms with E-state index in [1.807, 2.05) is 6.92 Å². The van der Waals surface area contributed by atoms with E-state index in [0.717, 1.165) is 12.8 Å². The van der Waals surface area contributed by atoms with Gasteiger partial charge in [0.1, 0.15) is 12.7 Å². The Labute approximate surface area is 123 Å². The van der Waals surface area contributed by atoms with Crippen molar-refractivity contribution in [2.24, 2.45) is 0 Å². The van der Waals surface area contributed by atoms with Crippen LogP contribution in [0.1, 0.15) is 40.5 Å². The van der Waals surface area contributed by atoms with Crippen LogP contribution < -0.4 is 0 Å².